The second kappa shape index (κ2) is 5.15. The molecule has 0 spiro atoms. The van der Waals surface area contributed by atoms with Crippen molar-refractivity contribution in [1.29, 1.82) is 0 Å². The van der Waals surface area contributed by atoms with Gasteiger partial charge in [0.25, 0.3) is 0 Å². The number of ketones is 1. The number of halogens is 1. The lowest BCUT2D eigenvalue weighted by molar-refractivity contribution is 0.102. The highest BCUT2D eigenvalue weighted by molar-refractivity contribution is 9.10. The molecule has 0 saturated carbocycles. The highest BCUT2D eigenvalue weighted by Crippen LogP contribution is 2.17. The van der Waals surface area contributed by atoms with Crippen LogP contribution in [0.25, 0.3) is 6.08 Å². The molecule has 0 N–H and O–H groups in total. The van der Waals surface area contributed by atoms with Gasteiger partial charge in [0.2, 0.25) is 5.78 Å². The zero-order valence-corrected chi connectivity index (χ0v) is 10.9. The zero-order valence-electron chi connectivity index (χ0n) is 9.31. The van der Waals surface area contributed by atoms with Gasteiger partial charge in [0.15, 0.2) is 5.76 Å². The summed E-state index contributed by atoms with van der Waals surface area (Å²) in [6, 6.07) is 11.2. The van der Waals surface area contributed by atoms with Crippen LogP contribution in [-0.2, 0) is 0 Å². The van der Waals surface area contributed by atoms with E-state index in [2.05, 4.69) is 15.9 Å². The molecular formula is C14H11BrO2. The topological polar surface area (TPSA) is 30.2 Å². The number of hydrogen-bond acceptors (Lipinski definition) is 2. The molecule has 0 radical (unpaired) electrons. The quantitative estimate of drug-likeness (QED) is 0.625. The lowest BCUT2D eigenvalue weighted by Crippen LogP contribution is -1.90. The van der Waals surface area contributed by atoms with Crippen molar-refractivity contribution in [2.75, 3.05) is 0 Å². The highest BCUT2D eigenvalue weighted by atomic mass is 79.9. The first-order chi connectivity index (χ1) is 8.16. The van der Waals surface area contributed by atoms with E-state index in [0.717, 1.165) is 15.8 Å². The predicted octanol–water partition coefficient (Wildman–Crippen LogP) is 4.25. The maximum atomic E-state index is 11.7. The van der Waals surface area contributed by atoms with Gasteiger partial charge in [-0.2, -0.15) is 0 Å². The number of aryl methyl sites for hydroxylation is 1. The van der Waals surface area contributed by atoms with E-state index >= 15 is 0 Å². The minimum atomic E-state index is -0.131. The Balaban J connectivity index is 2.17. The molecule has 1 heterocycles. The average molecular weight is 291 g/mol. The van der Waals surface area contributed by atoms with Crippen LogP contribution in [0, 0.1) is 6.92 Å². The molecule has 1 aromatic carbocycles. The second-order valence-corrected chi connectivity index (χ2v) is 4.48. The van der Waals surface area contributed by atoms with Crippen LogP contribution in [0.2, 0.25) is 0 Å². The van der Waals surface area contributed by atoms with Crippen LogP contribution in [0.4, 0.5) is 0 Å². The van der Waals surface area contributed by atoms with E-state index in [0.29, 0.717) is 5.76 Å². The van der Waals surface area contributed by atoms with E-state index in [1.807, 2.05) is 31.2 Å². The Bertz CT molecular complexity index is 567. The van der Waals surface area contributed by atoms with Crippen LogP contribution in [0.1, 0.15) is 21.9 Å². The van der Waals surface area contributed by atoms with Gasteiger partial charge in [0, 0.05) is 4.47 Å². The molecule has 0 unspecified atom stereocenters. The molecule has 3 heteroatoms. The molecule has 0 bridgehead atoms. The van der Waals surface area contributed by atoms with E-state index in [-0.39, 0.29) is 5.78 Å². The van der Waals surface area contributed by atoms with Crippen molar-refractivity contribution in [2.45, 2.75) is 6.92 Å². The molecule has 86 valence electrons. The fourth-order valence-electron chi connectivity index (χ4n) is 1.42. The molecule has 0 atom stereocenters. The summed E-state index contributed by atoms with van der Waals surface area (Å²) in [5, 5.41) is 0. The third-order valence-electron chi connectivity index (χ3n) is 2.30. The number of furan rings is 1. The lowest BCUT2D eigenvalue weighted by atomic mass is 10.2. The van der Waals surface area contributed by atoms with Gasteiger partial charge in [-0.3, -0.25) is 4.79 Å². The number of hydrogen-bond donors (Lipinski definition) is 0. The summed E-state index contributed by atoms with van der Waals surface area (Å²) in [7, 11) is 0. The Hall–Kier alpha value is -1.61. The summed E-state index contributed by atoms with van der Waals surface area (Å²) in [6.45, 7) is 1.81. The Labute approximate surface area is 108 Å². The van der Waals surface area contributed by atoms with Gasteiger partial charge >= 0.3 is 0 Å². The van der Waals surface area contributed by atoms with Crippen molar-refractivity contribution in [1.82, 2.24) is 0 Å². The van der Waals surface area contributed by atoms with Gasteiger partial charge in [-0.05, 0) is 42.8 Å². The summed E-state index contributed by atoms with van der Waals surface area (Å²) >= 11 is 3.42. The van der Waals surface area contributed by atoms with Crippen molar-refractivity contribution in [3.05, 3.63) is 64.0 Å². The van der Waals surface area contributed by atoms with Crippen molar-refractivity contribution in [3.63, 3.8) is 0 Å². The zero-order chi connectivity index (χ0) is 12.3. The normalized spacial score (nSPS) is 10.9. The minimum absolute atomic E-state index is 0.131. The molecule has 17 heavy (non-hydrogen) atoms. The van der Waals surface area contributed by atoms with Gasteiger partial charge in [-0.15, -0.1) is 0 Å². The maximum absolute atomic E-state index is 11.7. The molecule has 0 aliphatic carbocycles. The van der Waals surface area contributed by atoms with Crippen LogP contribution in [0.15, 0.2) is 51.4 Å². The smallest absolute Gasteiger partial charge is 0.221 e. The second-order valence-electron chi connectivity index (χ2n) is 3.63. The van der Waals surface area contributed by atoms with Crippen LogP contribution >= 0.6 is 15.9 Å². The van der Waals surface area contributed by atoms with Gasteiger partial charge in [-0.1, -0.05) is 34.1 Å². The summed E-state index contributed by atoms with van der Waals surface area (Å²) in [5.41, 5.74) is 0.962. The molecule has 1 aromatic heterocycles. The molecule has 2 rings (SSSR count). The number of benzene rings is 1. The molecule has 2 nitrogen and oxygen atoms in total. The van der Waals surface area contributed by atoms with Gasteiger partial charge < -0.3 is 4.42 Å². The van der Waals surface area contributed by atoms with Crippen molar-refractivity contribution in [3.8, 4) is 0 Å². The molecule has 2 aromatic rings. The summed E-state index contributed by atoms with van der Waals surface area (Å²) in [5.74, 6) is 0.974. The molecule has 0 amide bonds. The Morgan fingerprint density at radius 2 is 2.00 bits per heavy atom. The van der Waals surface area contributed by atoms with E-state index in [9.17, 15) is 4.79 Å². The van der Waals surface area contributed by atoms with Crippen LogP contribution < -0.4 is 0 Å². The number of rotatable bonds is 3. The van der Waals surface area contributed by atoms with Crippen molar-refractivity contribution < 1.29 is 9.21 Å². The average Bonchev–Trinajstić information content (AvgIpc) is 2.74. The minimum Gasteiger partial charge on any atom is -0.458 e. The Kier molecular flexibility index (Phi) is 3.59. The SMILES string of the molecule is Cc1ccc(C(=O)/C=C/c2ccccc2Br)o1. The Morgan fingerprint density at radius 1 is 1.24 bits per heavy atom. The van der Waals surface area contributed by atoms with Crippen LogP contribution in [0.3, 0.4) is 0 Å². The van der Waals surface area contributed by atoms with Gasteiger partial charge in [-0.25, -0.2) is 0 Å². The first-order valence-electron chi connectivity index (χ1n) is 5.20. The van der Waals surface area contributed by atoms with E-state index in [1.165, 1.54) is 6.08 Å². The summed E-state index contributed by atoms with van der Waals surface area (Å²) in [6.07, 6.45) is 3.28. The number of carbonyl (C=O) groups is 1. The molecule has 0 aliphatic rings. The van der Waals surface area contributed by atoms with Crippen LogP contribution in [0.5, 0.6) is 0 Å². The molecular weight excluding hydrogens is 280 g/mol. The van der Waals surface area contributed by atoms with Crippen molar-refractivity contribution in [2.24, 2.45) is 0 Å². The number of allylic oxidation sites excluding steroid dienone is 1. The molecule has 0 aliphatic heterocycles. The monoisotopic (exact) mass is 290 g/mol. The largest absolute Gasteiger partial charge is 0.458 e. The summed E-state index contributed by atoms with van der Waals surface area (Å²) < 4.78 is 6.21. The maximum Gasteiger partial charge on any atom is 0.221 e. The molecule has 0 fully saturated rings. The fourth-order valence-corrected chi connectivity index (χ4v) is 1.84. The number of carbonyl (C=O) groups excluding carboxylic acids is 1. The molecule has 0 saturated heterocycles. The predicted molar refractivity (Wildman–Crippen MR) is 71.0 cm³/mol. The third kappa shape index (κ3) is 2.94. The van der Waals surface area contributed by atoms with Gasteiger partial charge in [0.1, 0.15) is 5.76 Å². The fraction of sp³-hybridized carbons (Fsp3) is 0.0714. The highest BCUT2D eigenvalue weighted by Gasteiger charge is 2.06. The first kappa shape index (κ1) is 11.9. The third-order valence-corrected chi connectivity index (χ3v) is 3.02. The summed E-state index contributed by atoms with van der Waals surface area (Å²) in [4.78, 5) is 11.7. The first-order valence-corrected chi connectivity index (χ1v) is 5.99. The van der Waals surface area contributed by atoms with Crippen molar-refractivity contribution >= 4 is 27.8 Å². The van der Waals surface area contributed by atoms with Gasteiger partial charge in [0.05, 0.1) is 0 Å². The van der Waals surface area contributed by atoms with E-state index in [4.69, 9.17) is 4.42 Å². The van der Waals surface area contributed by atoms with E-state index in [1.54, 1.807) is 18.2 Å². The Morgan fingerprint density at radius 3 is 2.65 bits per heavy atom. The lowest BCUT2D eigenvalue weighted by Gasteiger charge is -1.96. The van der Waals surface area contributed by atoms with Crippen LogP contribution in [-0.4, -0.2) is 5.78 Å². The van der Waals surface area contributed by atoms with E-state index < -0.39 is 0 Å². The standard InChI is InChI=1S/C14H11BrO2/c1-10-6-9-14(17-10)13(16)8-7-11-4-2-3-5-12(11)15/h2-9H,1H3/b8-7+.